The summed E-state index contributed by atoms with van der Waals surface area (Å²) in [6, 6.07) is 6.08. The van der Waals surface area contributed by atoms with Crippen molar-refractivity contribution in [2.45, 2.75) is 25.4 Å². The van der Waals surface area contributed by atoms with Crippen LogP contribution >= 0.6 is 0 Å². The van der Waals surface area contributed by atoms with E-state index in [1.54, 1.807) is 17.0 Å². The van der Waals surface area contributed by atoms with E-state index in [1.807, 2.05) is 0 Å². The Labute approximate surface area is 116 Å². The Morgan fingerprint density at radius 1 is 1.40 bits per heavy atom. The number of aliphatic hydroxyl groups excluding tert-OH is 1. The first kappa shape index (κ1) is 14.3. The Morgan fingerprint density at radius 2 is 2.05 bits per heavy atom. The summed E-state index contributed by atoms with van der Waals surface area (Å²) >= 11 is 0. The zero-order valence-electron chi connectivity index (χ0n) is 11.0. The number of nitrogens with zero attached hydrogens (tertiary/aromatic N) is 2. The molecule has 1 aromatic rings. The van der Waals surface area contributed by atoms with Gasteiger partial charge in [0.05, 0.1) is 11.5 Å². The maximum Gasteiger partial charge on any atom is 0.317 e. The zero-order valence-corrected chi connectivity index (χ0v) is 11.0. The van der Waals surface area contributed by atoms with Crippen LogP contribution in [0.5, 0.6) is 0 Å². The Bertz CT molecular complexity index is 485. The summed E-state index contributed by atoms with van der Waals surface area (Å²) in [6.07, 6.45) is 1.95. The van der Waals surface area contributed by atoms with Crippen LogP contribution < -0.4 is 5.32 Å². The van der Waals surface area contributed by atoms with Crippen molar-refractivity contribution < 1.29 is 14.8 Å². The van der Waals surface area contributed by atoms with Crippen molar-refractivity contribution in [1.82, 2.24) is 10.2 Å². The van der Waals surface area contributed by atoms with Crippen molar-refractivity contribution >= 4 is 11.7 Å². The number of non-ortho nitro benzene ring substituents is 1. The molecule has 1 aliphatic rings. The van der Waals surface area contributed by atoms with Crippen LogP contribution in [0, 0.1) is 10.1 Å². The van der Waals surface area contributed by atoms with E-state index in [0.29, 0.717) is 13.1 Å². The third-order valence-corrected chi connectivity index (χ3v) is 3.18. The number of aliphatic hydroxyl groups is 1. The average molecular weight is 279 g/mol. The second-order valence-electron chi connectivity index (χ2n) is 4.73. The van der Waals surface area contributed by atoms with Crippen LogP contribution in [0.4, 0.5) is 10.5 Å². The summed E-state index contributed by atoms with van der Waals surface area (Å²) in [5, 5.41) is 22.2. The van der Waals surface area contributed by atoms with Crippen molar-refractivity contribution in [3.05, 3.63) is 39.9 Å². The lowest BCUT2D eigenvalue weighted by molar-refractivity contribution is -0.384. The minimum atomic E-state index is -0.460. The van der Waals surface area contributed by atoms with Crippen LogP contribution in [-0.2, 0) is 6.54 Å². The van der Waals surface area contributed by atoms with Gasteiger partial charge in [0, 0.05) is 31.3 Å². The van der Waals surface area contributed by atoms with Crippen molar-refractivity contribution in [2.75, 3.05) is 13.2 Å². The largest absolute Gasteiger partial charge is 0.395 e. The molecule has 1 fully saturated rings. The summed E-state index contributed by atoms with van der Waals surface area (Å²) in [7, 11) is 0. The summed E-state index contributed by atoms with van der Waals surface area (Å²) in [5.41, 5.74) is 0.823. The second kappa shape index (κ2) is 6.33. The molecule has 0 aliphatic heterocycles. The molecule has 2 rings (SSSR count). The van der Waals surface area contributed by atoms with E-state index in [2.05, 4.69) is 5.32 Å². The lowest BCUT2D eigenvalue weighted by Crippen LogP contribution is -2.42. The summed E-state index contributed by atoms with van der Waals surface area (Å²) in [5.74, 6) is 0. The number of rotatable bonds is 6. The molecule has 0 aromatic heterocycles. The highest BCUT2D eigenvalue weighted by Gasteiger charge is 2.31. The highest BCUT2D eigenvalue weighted by molar-refractivity contribution is 5.74. The van der Waals surface area contributed by atoms with Gasteiger partial charge in [-0.25, -0.2) is 4.79 Å². The molecular formula is C13H17N3O4. The molecule has 7 heteroatoms. The predicted molar refractivity (Wildman–Crippen MR) is 72.1 cm³/mol. The molecule has 2 amide bonds. The number of nitrogens with one attached hydrogen (secondary N) is 1. The van der Waals surface area contributed by atoms with Crippen LogP contribution in [0.25, 0.3) is 0 Å². The Balaban J connectivity index is 1.87. The van der Waals surface area contributed by atoms with E-state index in [0.717, 1.165) is 18.4 Å². The minimum absolute atomic E-state index is 0.0277. The molecule has 0 radical (unpaired) electrons. The number of amides is 2. The van der Waals surface area contributed by atoms with Crippen molar-refractivity contribution in [3.8, 4) is 0 Å². The van der Waals surface area contributed by atoms with Gasteiger partial charge in [0.15, 0.2) is 0 Å². The molecule has 7 nitrogen and oxygen atoms in total. The van der Waals surface area contributed by atoms with E-state index >= 15 is 0 Å². The maximum absolute atomic E-state index is 12.0. The lowest BCUT2D eigenvalue weighted by Gasteiger charge is -2.21. The van der Waals surface area contributed by atoms with E-state index in [4.69, 9.17) is 5.11 Å². The topological polar surface area (TPSA) is 95.7 Å². The predicted octanol–water partition coefficient (Wildman–Crippen LogP) is 1.26. The van der Waals surface area contributed by atoms with E-state index in [-0.39, 0.29) is 24.4 Å². The monoisotopic (exact) mass is 279 g/mol. The van der Waals surface area contributed by atoms with Crippen LogP contribution in [0.1, 0.15) is 18.4 Å². The average Bonchev–Trinajstić information content (AvgIpc) is 3.27. The third kappa shape index (κ3) is 3.67. The first-order chi connectivity index (χ1) is 9.61. The molecule has 2 N–H and O–H groups in total. The molecule has 1 aliphatic carbocycles. The Morgan fingerprint density at radius 3 is 2.55 bits per heavy atom. The Hall–Kier alpha value is -2.15. The quantitative estimate of drug-likeness (QED) is 0.605. The fourth-order valence-electron chi connectivity index (χ4n) is 1.96. The highest BCUT2D eigenvalue weighted by Crippen LogP contribution is 2.26. The highest BCUT2D eigenvalue weighted by atomic mass is 16.6. The number of nitro benzene ring substituents is 1. The van der Waals surface area contributed by atoms with Gasteiger partial charge in [-0.1, -0.05) is 12.1 Å². The summed E-state index contributed by atoms with van der Waals surface area (Å²) in [4.78, 5) is 23.7. The number of benzene rings is 1. The van der Waals surface area contributed by atoms with Gasteiger partial charge in [-0.05, 0) is 18.4 Å². The molecule has 0 atom stereocenters. The number of hydrogen-bond acceptors (Lipinski definition) is 4. The van der Waals surface area contributed by atoms with Crippen LogP contribution in [0.3, 0.4) is 0 Å². The van der Waals surface area contributed by atoms with Gasteiger partial charge in [0.2, 0.25) is 0 Å². The summed E-state index contributed by atoms with van der Waals surface area (Å²) in [6.45, 7) is 0.587. The molecule has 0 unspecified atom stereocenters. The lowest BCUT2D eigenvalue weighted by atomic mass is 10.2. The van der Waals surface area contributed by atoms with Gasteiger partial charge in [-0.2, -0.15) is 0 Å². The number of hydrogen-bond donors (Lipinski definition) is 2. The van der Waals surface area contributed by atoms with Crippen molar-refractivity contribution in [3.63, 3.8) is 0 Å². The molecule has 0 spiro atoms. The first-order valence-electron chi connectivity index (χ1n) is 6.50. The normalized spacial score (nSPS) is 13.8. The van der Waals surface area contributed by atoms with Gasteiger partial charge in [0.1, 0.15) is 0 Å². The zero-order chi connectivity index (χ0) is 14.5. The van der Waals surface area contributed by atoms with Gasteiger partial charge in [0.25, 0.3) is 5.69 Å². The van der Waals surface area contributed by atoms with Crippen molar-refractivity contribution in [1.29, 1.82) is 0 Å². The fraction of sp³-hybridized carbons (Fsp3) is 0.462. The molecule has 0 bridgehead atoms. The minimum Gasteiger partial charge on any atom is -0.395 e. The fourth-order valence-corrected chi connectivity index (χ4v) is 1.96. The standard InChI is InChI=1S/C13H17N3O4/c17-8-7-15(11-5-6-11)13(18)14-9-10-1-3-12(4-2-10)16(19)20/h1-4,11,17H,5-9H2,(H,14,18). The molecular weight excluding hydrogens is 262 g/mol. The van der Waals surface area contributed by atoms with E-state index in [1.165, 1.54) is 12.1 Å². The number of urea groups is 1. The molecule has 1 saturated carbocycles. The van der Waals surface area contributed by atoms with Crippen LogP contribution in [0.15, 0.2) is 24.3 Å². The molecule has 108 valence electrons. The van der Waals surface area contributed by atoms with E-state index in [9.17, 15) is 14.9 Å². The first-order valence-corrected chi connectivity index (χ1v) is 6.50. The van der Waals surface area contributed by atoms with Crippen molar-refractivity contribution in [2.24, 2.45) is 0 Å². The van der Waals surface area contributed by atoms with Gasteiger partial charge >= 0.3 is 6.03 Å². The maximum atomic E-state index is 12.0. The van der Waals surface area contributed by atoms with Gasteiger partial charge < -0.3 is 15.3 Å². The molecule has 20 heavy (non-hydrogen) atoms. The Kier molecular flexibility index (Phi) is 4.52. The van der Waals surface area contributed by atoms with Gasteiger partial charge in [-0.15, -0.1) is 0 Å². The number of nitro groups is 1. The molecule has 0 heterocycles. The van der Waals surface area contributed by atoms with Crippen LogP contribution in [-0.4, -0.2) is 40.2 Å². The van der Waals surface area contributed by atoms with Crippen LogP contribution in [0.2, 0.25) is 0 Å². The summed E-state index contributed by atoms with van der Waals surface area (Å²) < 4.78 is 0. The SMILES string of the molecule is O=C(NCc1ccc([N+](=O)[O-])cc1)N(CCO)C1CC1. The smallest absolute Gasteiger partial charge is 0.317 e. The second-order valence-corrected chi connectivity index (χ2v) is 4.73. The third-order valence-electron chi connectivity index (χ3n) is 3.18. The number of carbonyl (C=O) groups is 1. The van der Waals surface area contributed by atoms with E-state index < -0.39 is 4.92 Å². The molecule has 1 aromatic carbocycles. The molecule has 0 saturated heterocycles. The number of carbonyl (C=O) groups excluding carboxylic acids is 1. The van der Waals surface area contributed by atoms with Gasteiger partial charge in [-0.3, -0.25) is 10.1 Å².